The van der Waals surface area contributed by atoms with E-state index < -0.39 is 5.60 Å². The largest absolute Gasteiger partial charge is 0.496 e. The third-order valence-corrected chi connectivity index (χ3v) is 3.77. The van der Waals surface area contributed by atoms with Gasteiger partial charge in [-0.1, -0.05) is 15.9 Å². The van der Waals surface area contributed by atoms with Crippen LogP contribution >= 0.6 is 15.9 Å². The highest BCUT2D eigenvalue weighted by atomic mass is 79.9. The van der Waals surface area contributed by atoms with Crippen LogP contribution in [-0.2, 0) is 9.53 Å². The lowest BCUT2D eigenvalue weighted by molar-refractivity contribution is -0.117. The minimum absolute atomic E-state index is 0.186. The van der Waals surface area contributed by atoms with Crippen molar-refractivity contribution in [3.05, 3.63) is 34.3 Å². The summed E-state index contributed by atoms with van der Waals surface area (Å²) in [6, 6.07) is 5.55. The van der Waals surface area contributed by atoms with Gasteiger partial charge in [-0.3, -0.25) is 4.79 Å². The number of halogens is 1. The van der Waals surface area contributed by atoms with Gasteiger partial charge in [0.25, 0.3) is 0 Å². The molecule has 1 fully saturated rings. The van der Waals surface area contributed by atoms with E-state index >= 15 is 0 Å². The predicted octanol–water partition coefficient (Wildman–Crippen LogP) is 1.74. The van der Waals surface area contributed by atoms with Gasteiger partial charge in [0.05, 0.1) is 13.7 Å². The first kappa shape index (κ1) is 16.0. The lowest BCUT2D eigenvalue weighted by atomic mass is 10.0. The van der Waals surface area contributed by atoms with E-state index in [0.29, 0.717) is 18.8 Å². The van der Waals surface area contributed by atoms with E-state index in [1.807, 2.05) is 18.2 Å². The quantitative estimate of drug-likeness (QED) is 0.789. The summed E-state index contributed by atoms with van der Waals surface area (Å²) in [6.07, 6.45) is 3.63. The van der Waals surface area contributed by atoms with Crippen LogP contribution in [0.3, 0.4) is 0 Å². The summed E-state index contributed by atoms with van der Waals surface area (Å²) < 4.78 is 11.3. The summed E-state index contributed by atoms with van der Waals surface area (Å²) in [4.78, 5) is 11.8. The molecule has 21 heavy (non-hydrogen) atoms. The lowest BCUT2D eigenvalue weighted by Gasteiger charge is -2.19. The summed E-state index contributed by atoms with van der Waals surface area (Å²) in [5.41, 5.74) is -0.151. The average Bonchev–Trinajstić information content (AvgIpc) is 2.90. The summed E-state index contributed by atoms with van der Waals surface area (Å²) in [7, 11) is 1.58. The van der Waals surface area contributed by atoms with Gasteiger partial charge in [0, 0.05) is 35.7 Å². The molecular weight excluding hydrogens is 338 g/mol. The average molecular weight is 356 g/mol. The van der Waals surface area contributed by atoms with Crippen LogP contribution in [0.5, 0.6) is 5.75 Å². The fourth-order valence-electron chi connectivity index (χ4n) is 2.05. The molecule has 1 amide bonds. The summed E-state index contributed by atoms with van der Waals surface area (Å²) in [5.74, 6) is 0.419. The number of aliphatic hydroxyl groups is 1. The van der Waals surface area contributed by atoms with Crippen LogP contribution in [-0.4, -0.2) is 43.5 Å². The Bertz CT molecular complexity index is 538. The van der Waals surface area contributed by atoms with Crippen LogP contribution in [0.4, 0.5) is 0 Å². The Morgan fingerprint density at radius 1 is 1.62 bits per heavy atom. The SMILES string of the molecule is COc1ccc(Br)cc1/C=C/C(=O)NCC1(O)CCOC1. The van der Waals surface area contributed by atoms with E-state index in [2.05, 4.69) is 21.2 Å². The summed E-state index contributed by atoms with van der Waals surface area (Å²) >= 11 is 3.38. The van der Waals surface area contributed by atoms with Crippen molar-refractivity contribution in [2.24, 2.45) is 0 Å². The number of hydrogen-bond acceptors (Lipinski definition) is 4. The Morgan fingerprint density at radius 3 is 3.10 bits per heavy atom. The van der Waals surface area contributed by atoms with Crippen LogP contribution in [0, 0.1) is 0 Å². The van der Waals surface area contributed by atoms with Crippen molar-refractivity contribution >= 4 is 27.9 Å². The highest BCUT2D eigenvalue weighted by molar-refractivity contribution is 9.10. The van der Waals surface area contributed by atoms with Crippen molar-refractivity contribution < 1.29 is 19.4 Å². The molecule has 1 aromatic carbocycles. The zero-order valence-corrected chi connectivity index (χ0v) is 13.4. The number of amides is 1. The molecule has 1 aliphatic rings. The molecule has 0 aliphatic carbocycles. The second kappa shape index (κ2) is 7.06. The van der Waals surface area contributed by atoms with E-state index in [1.54, 1.807) is 13.2 Å². The van der Waals surface area contributed by atoms with Crippen molar-refractivity contribution in [3.8, 4) is 5.75 Å². The van der Waals surface area contributed by atoms with Crippen molar-refractivity contribution in [1.82, 2.24) is 5.32 Å². The Labute approximate surface area is 132 Å². The van der Waals surface area contributed by atoms with Crippen molar-refractivity contribution in [2.45, 2.75) is 12.0 Å². The summed E-state index contributed by atoms with van der Waals surface area (Å²) in [5, 5.41) is 12.7. The van der Waals surface area contributed by atoms with Gasteiger partial charge in [-0.15, -0.1) is 0 Å². The van der Waals surface area contributed by atoms with Gasteiger partial charge < -0.3 is 19.9 Å². The first-order chi connectivity index (χ1) is 10.0. The molecule has 2 rings (SSSR count). The van der Waals surface area contributed by atoms with Gasteiger partial charge in [-0.2, -0.15) is 0 Å². The van der Waals surface area contributed by atoms with Crippen molar-refractivity contribution in [1.29, 1.82) is 0 Å². The fraction of sp³-hybridized carbons (Fsp3) is 0.400. The second-order valence-electron chi connectivity index (χ2n) is 4.96. The fourth-order valence-corrected chi connectivity index (χ4v) is 2.43. The second-order valence-corrected chi connectivity index (χ2v) is 5.88. The van der Waals surface area contributed by atoms with Gasteiger partial charge in [-0.05, 0) is 24.3 Å². The molecule has 0 bridgehead atoms. The normalized spacial score (nSPS) is 21.7. The van der Waals surface area contributed by atoms with E-state index in [9.17, 15) is 9.90 Å². The number of ether oxygens (including phenoxy) is 2. The molecule has 2 N–H and O–H groups in total. The zero-order valence-electron chi connectivity index (χ0n) is 11.8. The van der Waals surface area contributed by atoms with Gasteiger partial charge >= 0.3 is 0 Å². The van der Waals surface area contributed by atoms with Crippen LogP contribution < -0.4 is 10.1 Å². The number of benzene rings is 1. The molecule has 1 aromatic rings. The van der Waals surface area contributed by atoms with Gasteiger partial charge in [0.2, 0.25) is 5.91 Å². The monoisotopic (exact) mass is 355 g/mol. The molecule has 0 radical (unpaired) electrons. The van der Waals surface area contributed by atoms with Crippen LogP contribution in [0.15, 0.2) is 28.7 Å². The van der Waals surface area contributed by atoms with Crippen LogP contribution in [0.1, 0.15) is 12.0 Å². The molecule has 114 valence electrons. The van der Waals surface area contributed by atoms with Crippen LogP contribution in [0.2, 0.25) is 0 Å². The Hall–Kier alpha value is -1.37. The number of hydrogen-bond donors (Lipinski definition) is 2. The summed E-state index contributed by atoms with van der Waals surface area (Å²) in [6.45, 7) is 0.972. The van der Waals surface area contributed by atoms with Gasteiger partial charge in [0.15, 0.2) is 0 Å². The molecule has 1 heterocycles. The van der Waals surface area contributed by atoms with Crippen molar-refractivity contribution in [2.75, 3.05) is 26.9 Å². The Kier molecular flexibility index (Phi) is 5.39. The minimum Gasteiger partial charge on any atom is -0.496 e. The maximum absolute atomic E-state index is 11.8. The first-order valence-corrected chi connectivity index (χ1v) is 7.41. The van der Waals surface area contributed by atoms with Gasteiger partial charge in [-0.25, -0.2) is 0 Å². The highest BCUT2D eigenvalue weighted by Crippen LogP contribution is 2.24. The molecule has 1 saturated heterocycles. The lowest BCUT2D eigenvalue weighted by Crippen LogP contribution is -2.42. The Balaban J connectivity index is 1.94. The standard InChI is InChI=1S/C15H18BrNO4/c1-20-13-4-3-12(16)8-11(13)2-5-14(18)17-9-15(19)6-7-21-10-15/h2-5,8,19H,6-7,9-10H2,1H3,(H,17,18)/b5-2+. The predicted molar refractivity (Wildman–Crippen MR) is 83.1 cm³/mol. The number of methoxy groups -OCH3 is 1. The smallest absolute Gasteiger partial charge is 0.244 e. The molecule has 0 spiro atoms. The van der Waals surface area contributed by atoms with E-state index in [4.69, 9.17) is 9.47 Å². The molecule has 1 aliphatic heterocycles. The highest BCUT2D eigenvalue weighted by Gasteiger charge is 2.32. The third kappa shape index (κ3) is 4.56. The maximum atomic E-state index is 11.8. The van der Waals surface area contributed by atoms with Gasteiger partial charge in [0.1, 0.15) is 11.4 Å². The molecule has 5 nitrogen and oxygen atoms in total. The molecule has 1 unspecified atom stereocenters. The molecule has 1 atom stereocenters. The van der Waals surface area contributed by atoms with E-state index in [1.165, 1.54) is 6.08 Å². The Morgan fingerprint density at radius 2 is 2.43 bits per heavy atom. The number of carbonyl (C=O) groups excluding carboxylic acids is 1. The van der Waals surface area contributed by atoms with E-state index in [-0.39, 0.29) is 19.1 Å². The first-order valence-electron chi connectivity index (χ1n) is 6.62. The number of carbonyl (C=O) groups is 1. The van der Waals surface area contributed by atoms with Crippen molar-refractivity contribution in [3.63, 3.8) is 0 Å². The van der Waals surface area contributed by atoms with E-state index in [0.717, 1.165) is 10.0 Å². The number of rotatable bonds is 5. The molecule has 6 heteroatoms. The van der Waals surface area contributed by atoms with Crippen LogP contribution in [0.25, 0.3) is 6.08 Å². The number of nitrogens with one attached hydrogen (secondary N) is 1. The third-order valence-electron chi connectivity index (χ3n) is 3.28. The zero-order chi connectivity index (χ0) is 15.3. The topological polar surface area (TPSA) is 67.8 Å². The molecule has 0 aromatic heterocycles. The molecular formula is C15H18BrNO4. The minimum atomic E-state index is -0.947. The maximum Gasteiger partial charge on any atom is 0.244 e. The molecule has 0 saturated carbocycles.